The van der Waals surface area contributed by atoms with Crippen molar-refractivity contribution in [3.8, 4) is 11.3 Å². The minimum atomic E-state index is -0.420. The molecule has 0 radical (unpaired) electrons. The lowest BCUT2D eigenvalue weighted by Crippen LogP contribution is -2.11. The van der Waals surface area contributed by atoms with E-state index in [4.69, 9.17) is 11.6 Å². The van der Waals surface area contributed by atoms with Crippen molar-refractivity contribution in [1.82, 2.24) is 9.97 Å². The molecular weight excluding hydrogens is 231 g/mol. The number of nitrogens with one attached hydrogen (secondary N) is 1. The minimum absolute atomic E-state index is 0.231. The van der Waals surface area contributed by atoms with E-state index in [0.29, 0.717) is 16.8 Å². The summed E-state index contributed by atoms with van der Waals surface area (Å²) in [5.41, 5.74) is 1.24. The summed E-state index contributed by atoms with van der Waals surface area (Å²) >= 11 is 5.90. The number of H-pyrrole nitrogens is 1. The molecule has 16 heavy (non-hydrogen) atoms. The van der Waals surface area contributed by atoms with Crippen LogP contribution in [0.1, 0.15) is 5.56 Å². The number of hydrogen-bond acceptors (Lipinski definition) is 2. The van der Waals surface area contributed by atoms with E-state index in [1.807, 2.05) is 0 Å². The largest absolute Gasteiger partial charge is 0.313 e. The highest BCUT2D eigenvalue weighted by atomic mass is 35.5. The standard InChI is InChI=1S/C11H8ClFN2O/c1-6-10(14-5-15-11(6)16)8-3-2-7(13)4-9(8)12/h2-5H,1H3,(H,14,15,16). The predicted octanol–water partition coefficient (Wildman–Crippen LogP) is 2.54. The van der Waals surface area contributed by atoms with Crippen LogP contribution >= 0.6 is 11.6 Å². The number of rotatable bonds is 1. The van der Waals surface area contributed by atoms with Crippen LogP contribution in [0.3, 0.4) is 0 Å². The fourth-order valence-corrected chi connectivity index (χ4v) is 1.68. The molecule has 0 aliphatic rings. The Balaban J connectivity index is 2.68. The van der Waals surface area contributed by atoms with Crippen molar-refractivity contribution in [3.63, 3.8) is 0 Å². The molecule has 1 aromatic carbocycles. The first-order chi connectivity index (χ1) is 7.59. The summed E-state index contributed by atoms with van der Waals surface area (Å²) < 4.78 is 12.9. The fraction of sp³-hybridized carbons (Fsp3) is 0.0909. The normalized spacial score (nSPS) is 10.4. The molecule has 0 unspecified atom stereocenters. The van der Waals surface area contributed by atoms with E-state index in [2.05, 4.69) is 9.97 Å². The van der Waals surface area contributed by atoms with Crippen molar-refractivity contribution in [3.05, 3.63) is 51.3 Å². The number of aromatic amines is 1. The van der Waals surface area contributed by atoms with Gasteiger partial charge < -0.3 is 4.98 Å². The van der Waals surface area contributed by atoms with Crippen LogP contribution in [0.2, 0.25) is 5.02 Å². The number of aromatic nitrogens is 2. The highest BCUT2D eigenvalue weighted by molar-refractivity contribution is 6.33. The summed E-state index contributed by atoms with van der Waals surface area (Å²) in [7, 11) is 0. The molecule has 2 rings (SSSR count). The second kappa shape index (κ2) is 4.06. The smallest absolute Gasteiger partial charge is 0.254 e. The summed E-state index contributed by atoms with van der Waals surface area (Å²) in [6.45, 7) is 1.64. The third kappa shape index (κ3) is 1.84. The molecular formula is C11H8ClFN2O. The van der Waals surface area contributed by atoms with Crippen LogP contribution in [0.15, 0.2) is 29.3 Å². The lowest BCUT2D eigenvalue weighted by atomic mass is 10.1. The van der Waals surface area contributed by atoms with Gasteiger partial charge in [-0.1, -0.05) is 11.6 Å². The molecule has 1 N–H and O–H groups in total. The SMILES string of the molecule is Cc1c(-c2ccc(F)cc2Cl)nc[nH]c1=O. The van der Waals surface area contributed by atoms with E-state index in [0.717, 1.165) is 0 Å². The molecule has 1 aromatic heterocycles. The van der Waals surface area contributed by atoms with Crippen molar-refractivity contribution in [2.45, 2.75) is 6.92 Å². The molecule has 0 bridgehead atoms. The topological polar surface area (TPSA) is 45.8 Å². The first kappa shape index (κ1) is 10.8. The minimum Gasteiger partial charge on any atom is -0.313 e. The number of hydrogen-bond donors (Lipinski definition) is 1. The lowest BCUT2D eigenvalue weighted by Gasteiger charge is -2.05. The van der Waals surface area contributed by atoms with Gasteiger partial charge in [-0.25, -0.2) is 9.37 Å². The van der Waals surface area contributed by atoms with Crippen LogP contribution in [-0.2, 0) is 0 Å². The van der Waals surface area contributed by atoms with Crippen LogP contribution in [0.25, 0.3) is 11.3 Å². The average molecular weight is 239 g/mol. The second-order valence-corrected chi connectivity index (χ2v) is 3.74. The van der Waals surface area contributed by atoms with Crippen molar-refractivity contribution in [1.29, 1.82) is 0 Å². The van der Waals surface area contributed by atoms with Crippen LogP contribution in [-0.4, -0.2) is 9.97 Å². The zero-order valence-corrected chi connectivity index (χ0v) is 9.18. The first-order valence-corrected chi connectivity index (χ1v) is 4.97. The molecule has 82 valence electrons. The van der Waals surface area contributed by atoms with E-state index >= 15 is 0 Å². The fourth-order valence-electron chi connectivity index (χ4n) is 1.42. The maximum Gasteiger partial charge on any atom is 0.254 e. The molecule has 0 aliphatic carbocycles. The third-order valence-electron chi connectivity index (χ3n) is 2.27. The molecule has 2 aromatic rings. The van der Waals surface area contributed by atoms with Gasteiger partial charge in [0, 0.05) is 11.1 Å². The quantitative estimate of drug-likeness (QED) is 0.830. The molecule has 3 nitrogen and oxygen atoms in total. The van der Waals surface area contributed by atoms with Gasteiger partial charge in [-0.15, -0.1) is 0 Å². The Labute approximate surface area is 95.9 Å². The maximum absolute atomic E-state index is 12.9. The Hall–Kier alpha value is -1.68. The van der Waals surface area contributed by atoms with E-state index in [-0.39, 0.29) is 10.6 Å². The number of halogens is 2. The molecule has 0 spiro atoms. The zero-order chi connectivity index (χ0) is 11.7. The van der Waals surface area contributed by atoms with Gasteiger partial charge in [0.05, 0.1) is 17.0 Å². The molecule has 0 amide bonds. The van der Waals surface area contributed by atoms with Crippen molar-refractivity contribution < 1.29 is 4.39 Å². The maximum atomic E-state index is 12.9. The number of nitrogens with zero attached hydrogens (tertiary/aromatic N) is 1. The van der Waals surface area contributed by atoms with Crippen molar-refractivity contribution in [2.75, 3.05) is 0 Å². The Morgan fingerprint density at radius 2 is 2.19 bits per heavy atom. The summed E-state index contributed by atoms with van der Waals surface area (Å²) in [6.07, 6.45) is 1.30. The Bertz CT molecular complexity index is 595. The predicted molar refractivity (Wildman–Crippen MR) is 60.0 cm³/mol. The Morgan fingerprint density at radius 1 is 1.44 bits per heavy atom. The monoisotopic (exact) mass is 238 g/mol. The first-order valence-electron chi connectivity index (χ1n) is 4.59. The molecule has 0 saturated heterocycles. The number of benzene rings is 1. The van der Waals surface area contributed by atoms with Crippen molar-refractivity contribution >= 4 is 11.6 Å². The Kier molecular flexibility index (Phi) is 2.75. The molecule has 0 fully saturated rings. The highest BCUT2D eigenvalue weighted by Crippen LogP contribution is 2.27. The summed E-state index contributed by atoms with van der Waals surface area (Å²) in [5.74, 6) is -0.420. The second-order valence-electron chi connectivity index (χ2n) is 3.33. The van der Waals surface area contributed by atoms with E-state index in [1.165, 1.54) is 24.5 Å². The van der Waals surface area contributed by atoms with Gasteiger partial charge in [-0.2, -0.15) is 0 Å². The molecule has 5 heteroatoms. The van der Waals surface area contributed by atoms with Gasteiger partial charge in [0.1, 0.15) is 5.82 Å². The summed E-state index contributed by atoms with van der Waals surface area (Å²) in [6, 6.07) is 3.98. The van der Waals surface area contributed by atoms with E-state index in [9.17, 15) is 9.18 Å². The Morgan fingerprint density at radius 3 is 2.88 bits per heavy atom. The molecule has 0 atom stereocenters. The van der Waals surface area contributed by atoms with Gasteiger partial charge in [0.25, 0.3) is 5.56 Å². The van der Waals surface area contributed by atoms with Gasteiger partial charge in [0.15, 0.2) is 0 Å². The van der Waals surface area contributed by atoms with Crippen LogP contribution in [0.4, 0.5) is 4.39 Å². The van der Waals surface area contributed by atoms with Crippen molar-refractivity contribution in [2.24, 2.45) is 0 Å². The van der Waals surface area contributed by atoms with Gasteiger partial charge in [0.2, 0.25) is 0 Å². The average Bonchev–Trinajstić information content (AvgIpc) is 2.23. The van der Waals surface area contributed by atoms with Crippen LogP contribution < -0.4 is 5.56 Å². The third-order valence-corrected chi connectivity index (χ3v) is 2.58. The molecule has 1 heterocycles. The van der Waals surface area contributed by atoms with Crippen LogP contribution in [0, 0.1) is 12.7 Å². The van der Waals surface area contributed by atoms with E-state index in [1.54, 1.807) is 6.92 Å². The van der Waals surface area contributed by atoms with Gasteiger partial charge in [-0.3, -0.25) is 4.79 Å². The summed E-state index contributed by atoms with van der Waals surface area (Å²) in [5, 5.41) is 0.237. The lowest BCUT2D eigenvalue weighted by molar-refractivity contribution is 0.628. The van der Waals surface area contributed by atoms with Gasteiger partial charge >= 0.3 is 0 Å². The van der Waals surface area contributed by atoms with E-state index < -0.39 is 5.82 Å². The summed E-state index contributed by atoms with van der Waals surface area (Å²) in [4.78, 5) is 17.9. The molecule has 0 aliphatic heterocycles. The molecule has 0 saturated carbocycles. The zero-order valence-electron chi connectivity index (χ0n) is 8.42. The van der Waals surface area contributed by atoms with Crippen LogP contribution in [0.5, 0.6) is 0 Å². The highest BCUT2D eigenvalue weighted by Gasteiger charge is 2.10. The van der Waals surface area contributed by atoms with Gasteiger partial charge in [-0.05, 0) is 25.1 Å².